The third-order valence-electron chi connectivity index (χ3n) is 2.38. The highest BCUT2D eigenvalue weighted by atomic mass is 16.6. The summed E-state index contributed by atoms with van der Waals surface area (Å²) in [6, 6.07) is 0. The minimum Gasteiger partial charge on any atom is -0.458 e. The summed E-state index contributed by atoms with van der Waals surface area (Å²) in [5.74, 6) is -1.71. The standard InChI is InChI=1S/C16H24O6/c1-10(2)13(17)20-8-12(9-21-14(18)11(3)4)22-15(19)16(5,6)7/h12H,1,3,8-9H2,2,4-7H3. The van der Waals surface area contributed by atoms with Crippen LogP contribution in [0.5, 0.6) is 0 Å². The van der Waals surface area contributed by atoms with E-state index >= 15 is 0 Å². The second-order valence-electron chi connectivity index (χ2n) is 6.03. The van der Waals surface area contributed by atoms with Crippen LogP contribution in [0, 0.1) is 5.41 Å². The molecule has 0 N–H and O–H groups in total. The normalized spacial score (nSPS) is 10.8. The van der Waals surface area contributed by atoms with E-state index in [9.17, 15) is 14.4 Å². The third-order valence-corrected chi connectivity index (χ3v) is 2.38. The van der Waals surface area contributed by atoms with E-state index < -0.39 is 29.4 Å². The van der Waals surface area contributed by atoms with Crippen LogP contribution in [0.4, 0.5) is 0 Å². The summed E-state index contributed by atoms with van der Waals surface area (Å²) in [7, 11) is 0. The van der Waals surface area contributed by atoms with Crippen molar-refractivity contribution in [1.29, 1.82) is 0 Å². The quantitative estimate of drug-likeness (QED) is 0.407. The Kier molecular flexibility index (Phi) is 7.56. The first-order valence-corrected chi connectivity index (χ1v) is 6.81. The van der Waals surface area contributed by atoms with Gasteiger partial charge in [0.05, 0.1) is 5.41 Å². The fourth-order valence-electron chi connectivity index (χ4n) is 1.03. The number of ether oxygens (including phenoxy) is 3. The van der Waals surface area contributed by atoms with Gasteiger partial charge in [-0.15, -0.1) is 0 Å². The third kappa shape index (κ3) is 7.61. The topological polar surface area (TPSA) is 78.9 Å². The van der Waals surface area contributed by atoms with E-state index in [1.807, 2.05) is 0 Å². The Hall–Kier alpha value is -2.11. The highest BCUT2D eigenvalue weighted by molar-refractivity contribution is 5.87. The molecule has 0 bridgehead atoms. The molecule has 6 nitrogen and oxygen atoms in total. The molecular weight excluding hydrogens is 288 g/mol. The zero-order valence-corrected chi connectivity index (χ0v) is 13.9. The van der Waals surface area contributed by atoms with Crippen LogP contribution in [0.3, 0.4) is 0 Å². The fourth-order valence-corrected chi connectivity index (χ4v) is 1.03. The second kappa shape index (κ2) is 8.36. The number of hydrogen-bond donors (Lipinski definition) is 0. The van der Waals surface area contributed by atoms with Crippen LogP contribution in [-0.4, -0.2) is 37.2 Å². The summed E-state index contributed by atoms with van der Waals surface area (Å²) in [4.78, 5) is 34.7. The molecule has 0 radical (unpaired) electrons. The van der Waals surface area contributed by atoms with Crippen molar-refractivity contribution in [3.63, 3.8) is 0 Å². The van der Waals surface area contributed by atoms with Crippen LogP contribution >= 0.6 is 0 Å². The maximum Gasteiger partial charge on any atom is 0.333 e. The van der Waals surface area contributed by atoms with Crippen molar-refractivity contribution in [2.75, 3.05) is 13.2 Å². The van der Waals surface area contributed by atoms with Gasteiger partial charge in [0.25, 0.3) is 0 Å². The van der Waals surface area contributed by atoms with Crippen LogP contribution < -0.4 is 0 Å². The SMILES string of the molecule is C=C(C)C(=O)OCC(COC(=O)C(=C)C)OC(=O)C(C)(C)C. The Morgan fingerprint density at radius 1 is 0.909 bits per heavy atom. The van der Waals surface area contributed by atoms with E-state index in [2.05, 4.69) is 13.2 Å². The summed E-state index contributed by atoms with van der Waals surface area (Å²) in [6.45, 7) is 14.5. The molecule has 0 fully saturated rings. The number of hydrogen-bond acceptors (Lipinski definition) is 6. The van der Waals surface area contributed by atoms with E-state index in [0.717, 1.165) is 0 Å². The lowest BCUT2D eigenvalue weighted by molar-refractivity contribution is -0.170. The molecule has 0 saturated heterocycles. The largest absolute Gasteiger partial charge is 0.458 e. The lowest BCUT2D eigenvalue weighted by Gasteiger charge is -2.23. The first-order chi connectivity index (χ1) is 9.95. The minimum absolute atomic E-state index is 0.222. The first kappa shape index (κ1) is 19.9. The summed E-state index contributed by atoms with van der Waals surface area (Å²) < 4.78 is 15.1. The average Bonchev–Trinajstić information content (AvgIpc) is 2.39. The molecule has 0 rings (SSSR count). The zero-order valence-electron chi connectivity index (χ0n) is 13.9. The van der Waals surface area contributed by atoms with Crippen LogP contribution in [0.1, 0.15) is 34.6 Å². The van der Waals surface area contributed by atoms with Gasteiger partial charge in [0.15, 0.2) is 6.10 Å². The van der Waals surface area contributed by atoms with Gasteiger partial charge in [0, 0.05) is 11.1 Å². The van der Waals surface area contributed by atoms with Crippen molar-refractivity contribution in [3.8, 4) is 0 Å². The van der Waals surface area contributed by atoms with Crippen molar-refractivity contribution >= 4 is 17.9 Å². The molecule has 0 spiro atoms. The van der Waals surface area contributed by atoms with Gasteiger partial charge in [0.2, 0.25) is 0 Å². The highest BCUT2D eigenvalue weighted by Crippen LogP contribution is 2.17. The molecule has 0 aromatic rings. The Bertz CT molecular complexity index is 440. The lowest BCUT2D eigenvalue weighted by atomic mass is 9.97. The summed E-state index contributed by atoms with van der Waals surface area (Å²) in [5, 5.41) is 0. The minimum atomic E-state index is -0.890. The lowest BCUT2D eigenvalue weighted by Crippen LogP contribution is -2.35. The van der Waals surface area contributed by atoms with E-state index in [0.29, 0.717) is 0 Å². The summed E-state index contributed by atoms with van der Waals surface area (Å²) >= 11 is 0. The molecule has 0 aliphatic rings. The van der Waals surface area contributed by atoms with Gasteiger partial charge in [-0.2, -0.15) is 0 Å². The molecule has 0 unspecified atom stereocenters. The van der Waals surface area contributed by atoms with Gasteiger partial charge in [-0.05, 0) is 34.6 Å². The van der Waals surface area contributed by atoms with Crippen LogP contribution in [0.2, 0.25) is 0 Å². The molecule has 0 aromatic heterocycles. The molecule has 6 heteroatoms. The number of esters is 3. The van der Waals surface area contributed by atoms with Gasteiger partial charge < -0.3 is 14.2 Å². The predicted octanol–water partition coefficient (Wildman–Crippen LogP) is 2.18. The van der Waals surface area contributed by atoms with Crippen molar-refractivity contribution < 1.29 is 28.6 Å². The maximum atomic E-state index is 11.9. The molecule has 124 valence electrons. The van der Waals surface area contributed by atoms with E-state index in [4.69, 9.17) is 14.2 Å². The van der Waals surface area contributed by atoms with Crippen molar-refractivity contribution in [2.24, 2.45) is 5.41 Å². The fraction of sp³-hybridized carbons (Fsp3) is 0.562. The Morgan fingerprint density at radius 2 is 1.27 bits per heavy atom. The van der Waals surface area contributed by atoms with Gasteiger partial charge >= 0.3 is 17.9 Å². The maximum absolute atomic E-state index is 11.9. The molecule has 0 aliphatic heterocycles. The molecule has 0 atom stereocenters. The number of carbonyl (C=O) groups excluding carboxylic acids is 3. The second-order valence-corrected chi connectivity index (χ2v) is 6.03. The molecule has 0 aliphatic carbocycles. The highest BCUT2D eigenvalue weighted by Gasteiger charge is 2.28. The van der Waals surface area contributed by atoms with E-state index in [1.165, 1.54) is 13.8 Å². The number of carbonyl (C=O) groups is 3. The number of rotatable bonds is 7. The van der Waals surface area contributed by atoms with Gasteiger partial charge in [0.1, 0.15) is 13.2 Å². The van der Waals surface area contributed by atoms with Gasteiger partial charge in [-0.3, -0.25) is 4.79 Å². The van der Waals surface area contributed by atoms with Crippen LogP contribution in [-0.2, 0) is 28.6 Å². The smallest absolute Gasteiger partial charge is 0.333 e. The van der Waals surface area contributed by atoms with Gasteiger partial charge in [-0.1, -0.05) is 13.2 Å². The molecular formula is C16H24O6. The monoisotopic (exact) mass is 312 g/mol. The van der Waals surface area contributed by atoms with Crippen LogP contribution in [0.15, 0.2) is 24.3 Å². The van der Waals surface area contributed by atoms with E-state index in [-0.39, 0.29) is 24.4 Å². The molecule has 0 amide bonds. The van der Waals surface area contributed by atoms with Crippen molar-refractivity contribution in [1.82, 2.24) is 0 Å². The molecule has 22 heavy (non-hydrogen) atoms. The summed E-state index contributed by atoms with van der Waals surface area (Å²) in [5.41, 5.74) is -0.283. The predicted molar refractivity (Wildman–Crippen MR) is 80.9 cm³/mol. The van der Waals surface area contributed by atoms with Crippen molar-refractivity contribution in [2.45, 2.75) is 40.7 Å². The Morgan fingerprint density at radius 3 is 1.55 bits per heavy atom. The van der Waals surface area contributed by atoms with Crippen molar-refractivity contribution in [3.05, 3.63) is 24.3 Å². The first-order valence-electron chi connectivity index (χ1n) is 6.81. The van der Waals surface area contributed by atoms with Crippen LogP contribution in [0.25, 0.3) is 0 Å². The molecule has 0 saturated carbocycles. The van der Waals surface area contributed by atoms with E-state index in [1.54, 1.807) is 20.8 Å². The average molecular weight is 312 g/mol. The Labute approximate surface area is 131 Å². The summed E-state index contributed by atoms with van der Waals surface area (Å²) in [6.07, 6.45) is -0.890. The zero-order chi connectivity index (χ0) is 17.5. The van der Waals surface area contributed by atoms with Gasteiger partial charge in [-0.25, -0.2) is 9.59 Å². The molecule has 0 aromatic carbocycles. The molecule has 0 heterocycles. The Balaban J connectivity index is 4.72.